The van der Waals surface area contributed by atoms with E-state index >= 15 is 0 Å². The summed E-state index contributed by atoms with van der Waals surface area (Å²) in [6, 6.07) is -8.61. The van der Waals surface area contributed by atoms with Crippen molar-refractivity contribution in [3.63, 3.8) is 0 Å². The number of carboxylic acids is 2. The minimum Gasteiger partial charge on any atom is -0.481 e. The number of aromatic nitrogens is 2. The van der Waals surface area contributed by atoms with Crippen LogP contribution in [-0.2, 0) is 70.4 Å². The number of hydrogen-bond donors (Lipinski definition) is 19. The number of aliphatic carboxylic acids is 2. The van der Waals surface area contributed by atoms with Crippen LogP contribution < -0.4 is 70.8 Å². The molecule has 472 valence electrons. The van der Waals surface area contributed by atoms with Crippen LogP contribution in [0.4, 0.5) is 0 Å². The quantitative estimate of drug-likeness (QED) is 0.0169. The number of aliphatic hydroxyl groups is 3. The van der Waals surface area contributed by atoms with Gasteiger partial charge in [-0.2, -0.15) is 0 Å². The maximum atomic E-state index is 14.2. The minimum atomic E-state index is -2.00. The van der Waals surface area contributed by atoms with Crippen LogP contribution in [0.5, 0.6) is 0 Å². The van der Waals surface area contributed by atoms with Crippen LogP contribution in [0.1, 0.15) is 91.3 Å². The number of guanidine groups is 1. The number of nitrogens with two attached hydrogens (primary N) is 4. The molecule has 33 nitrogen and oxygen atoms in total. The topological polar surface area (TPSA) is 559 Å². The summed E-state index contributed by atoms with van der Waals surface area (Å²) >= 11 is 0. The molecule has 2 rings (SSSR count). The lowest BCUT2D eigenvalue weighted by Crippen LogP contribution is -2.63. The van der Waals surface area contributed by atoms with Gasteiger partial charge >= 0.3 is 11.9 Å². The maximum Gasteiger partial charge on any atom is 0.326 e. The van der Waals surface area contributed by atoms with E-state index in [-0.39, 0.29) is 56.9 Å². The number of amides is 10. The maximum absolute atomic E-state index is 14.2. The number of hydrogen-bond acceptors (Lipinski definition) is 18. The lowest BCUT2D eigenvalue weighted by molar-refractivity contribution is -0.143. The van der Waals surface area contributed by atoms with Crippen molar-refractivity contribution in [2.75, 3.05) is 13.2 Å². The number of carbonyl (C=O) groups excluding carboxylic acids is 10. The molecule has 0 spiro atoms. The van der Waals surface area contributed by atoms with Gasteiger partial charge in [0.15, 0.2) is 5.96 Å². The van der Waals surface area contributed by atoms with Crippen molar-refractivity contribution >= 4 is 77.0 Å². The molecule has 23 N–H and O–H groups in total. The molecule has 1 aromatic carbocycles. The molecule has 0 bridgehead atoms. The fraction of sp³-hybridized carbons (Fsp3) is 0.577. The molecule has 0 fully saturated rings. The lowest BCUT2D eigenvalue weighted by Gasteiger charge is -2.29. The Morgan fingerprint density at radius 1 is 0.588 bits per heavy atom. The molecule has 0 aliphatic carbocycles. The van der Waals surface area contributed by atoms with Gasteiger partial charge in [0.25, 0.3) is 0 Å². The molecule has 2 aromatic rings. The molecule has 0 saturated heterocycles. The summed E-state index contributed by atoms with van der Waals surface area (Å²) in [5.74, 6) is -15.5. The molecule has 85 heavy (non-hydrogen) atoms. The molecule has 33 heteroatoms. The molecule has 0 unspecified atom stereocenters. The Labute approximate surface area is 489 Å². The standard InChI is InChI=1S/C52H82N16O17/c1-7-25(4)40(49(82)64-34(20-38(73)74)45(78)61-32(18-29-21-57-23-59-29)44(77)65-35(51(84)85)16-24(2)3)67-42(75)30(14-11-15-58-52(55)56)60-47(80)36(22-69)66-50(83)41(27(6)71)68-46(79)33(19-37(53)72)62-43(76)31(17-28-12-9-8-10-13-28)63-48(81)39(54)26(5)70/h8-10,12-13,21,23-27,30-36,39-41,69-71H,7,11,14-20,22,54H2,1-6H3,(H2,53,72)(H,57,59)(H,60,80)(H,61,78)(H,62,76)(H,63,81)(H,64,82)(H,65,77)(H,66,83)(H,67,75)(H,68,79)(H,73,74)(H,84,85)(H4,55,56,58)/t25-,26+,27+,30-,31-,32-,33-,34-,35-,36-,39-,40-,41-/m0/s1. The molecule has 1 heterocycles. The third-order valence-corrected chi connectivity index (χ3v) is 13.0. The van der Waals surface area contributed by atoms with E-state index in [1.165, 1.54) is 26.4 Å². The Hall–Kier alpha value is -8.82. The number of carboxylic acid groups (broad SMARTS) is 2. The molecule has 10 amide bonds. The first-order valence-corrected chi connectivity index (χ1v) is 27.1. The summed E-state index contributed by atoms with van der Waals surface area (Å²) in [5, 5.41) is 71.6. The van der Waals surface area contributed by atoms with Crippen LogP contribution in [0.25, 0.3) is 0 Å². The van der Waals surface area contributed by atoms with E-state index < -0.39 is 169 Å². The van der Waals surface area contributed by atoms with Crippen LogP contribution >= 0.6 is 0 Å². The van der Waals surface area contributed by atoms with Gasteiger partial charge in [-0.1, -0.05) is 64.4 Å². The zero-order valence-electron chi connectivity index (χ0n) is 48.0. The number of carbonyl (C=O) groups is 12. The van der Waals surface area contributed by atoms with Crippen molar-refractivity contribution in [2.45, 2.75) is 166 Å². The van der Waals surface area contributed by atoms with E-state index in [9.17, 15) is 83.1 Å². The minimum absolute atomic E-state index is 0.0120. The molecule has 0 aliphatic rings. The number of aromatic amines is 1. The Bertz CT molecular complexity index is 2620. The summed E-state index contributed by atoms with van der Waals surface area (Å²) in [6.45, 7) is 7.58. The van der Waals surface area contributed by atoms with Gasteiger partial charge < -0.3 is 101 Å². The second kappa shape index (κ2) is 36.0. The predicted octanol–water partition coefficient (Wildman–Crippen LogP) is -6.78. The molecule has 0 saturated carbocycles. The highest BCUT2D eigenvalue weighted by atomic mass is 16.4. The summed E-state index contributed by atoms with van der Waals surface area (Å²) < 4.78 is 0. The Morgan fingerprint density at radius 2 is 1.07 bits per heavy atom. The van der Waals surface area contributed by atoms with Crippen LogP contribution in [0.2, 0.25) is 0 Å². The number of aliphatic imine (C=N–C) groups is 1. The first kappa shape index (κ1) is 72.3. The third kappa shape index (κ3) is 25.7. The van der Waals surface area contributed by atoms with E-state index in [0.29, 0.717) is 11.3 Å². The molecule has 0 radical (unpaired) electrons. The number of primary amides is 1. The highest BCUT2D eigenvalue weighted by Gasteiger charge is 2.38. The van der Waals surface area contributed by atoms with Gasteiger partial charge in [0.05, 0.1) is 38.0 Å². The SMILES string of the molecule is CC[C@H](C)[C@H](NC(=O)[C@H](CCCN=C(N)N)NC(=O)[C@H](CO)NC(=O)[C@@H](NC(=O)[C@H](CC(N)=O)NC(=O)[C@H](Cc1ccccc1)NC(=O)[C@@H](N)[C@@H](C)O)[C@@H](C)O)C(=O)N[C@@H](CC(=O)O)C(=O)N[C@@H](Cc1cnc[nH]1)C(=O)N[C@@H](CC(C)C)C(=O)O. The number of H-pyrrole nitrogens is 1. The predicted molar refractivity (Wildman–Crippen MR) is 301 cm³/mol. The first-order valence-electron chi connectivity index (χ1n) is 27.1. The normalized spacial score (nSPS) is 15.7. The van der Waals surface area contributed by atoms with Crippen molar-refractivity contribution in [1.82, 2.24) is 57.8 Å². The average Bonchev–Trinajstić information content (AvgIpc) is 4.10. The Balaban J connectivity index is 2.43. The van der Waals surface area contributed by atoms with E-state index in [1.807, 2.05) is 0 Å². The van der Waals surface area contributed by atoms with Gasteiger partial charge in [-0.3, -0.25) is 57.7 Å². The average molecular weight is 1200 g/mol. The van der Waals surface area contributed by atoms with E-state index in [0.717, 1.165) is 6.92 Å². The van der Waals surface area contributed by atoms with E-state index in [2.05, 4.69) is 62.8 Å². The fourth-order valence-corrected chi connectivity index (χ4v) is 8.05. The second-order valence-electron chi connectivity index (χ2n) is 20.6. The van der Waals surface area contributed by atoms with E-state index in [1.54, 1.807) is 51.1 Å². The summed E-state index contributed by atoms with van der Waals surface area (Å²) in [5.41, 5.74) is 22.9. The Kier molecular flexibility index (Phi) is 30.6. The second-order valence-corrected chi connectivity index (χ2v) is 20.6. The van der Waals surface area contributed by atoms with Crippen LogP contribution in [-0.4, -0.2) is 198 Å². The van der Waals surface area contributed by atoms with Crippen molar-refractivity contribution in [1.29, 1.82) is 0 Å². The van der Waals surface area contributed by atoms with Crippen molar-refractivity contribution in [3.8, 4) is 0 Å². The van der Waals surface area contributed by atoms with Gasteiger partial charge in [0, 0.05) is 31.3 Å². The molecule has 13 atom stereocenters. The van der Waals surface area contributed by atoms with E-state index in [4.69, 9.17) is 22.9 Å². The third-order valence-electron chi connectivity index (χ3n) is 13.0. The summed E-state index contributed by atoms with van der Waals surface area (Å²) in [6.07, 6.45) is -3.08. The van der Waals surface area contributed by atoms with Gasteiger partial charge in [-0.05, 0) is 50.5 Å². The number of nitrogens with zero attached hydrogens (tertiary/aromatic N) is 2. The zero-order valence-corrected chi connectivity index (χ0v) is 48.0. The van der Waals surface area contributed by atoms with Crippen molar-refractivity contribution in [3.05, 3.63) is 54.1 Å². The van der Waals surface area contributed by atoms with Crippen molar-refractivity contribution < 1.29 is 83.1 Å². The van der Waals surface area contributed by atoms with Crippen molar-refractivity contribution in [2.24, 2.45) is 39.8 Å². The molecular formula is C52H82N16O17. The van der Waals surface area contributed by atoms with Gasteiger partial charge in [-0.25, -0.2) is 9.78 Å². The lowest BCUT2D eigenvalue weighted by atomic mass is 9.96. The first-order chi connectivity index (χ1) is 39.9. The monoisotopic (exact) mass is 1200 g/mol. The van der Waals surface area contributed by atoms with Gasteiger partial charge in [-0.15, -0.1) is 0 Å². The zero-order chi connectivity index (χ0) is 64.2. The Morgan fingerprint density at radius 3 is 1.59 bits per heavy atom. The summed E-state index contributed by atoms with van der Waals surface area (Å²) in [7, 11) is 0. The number of nitrogens with one attached hydrogen (secondary N) is 10. The smallest absolute Gasteiger partial charge is 0.326 e. The number of aliphatic hydroxyl groups excluding tert-OH is 3. The fourth-order valence-electron chi connectivity index (χ4n) is 8.05. The number of rotatable bonds is 38. The molecule has 1 aromatic heterocycles. The molecular weight excluding hydrogens is 1120 g/mol. The highest BCUT2D eigenvalue weighted by molar-refractivity contribution is 6.00. The largest absolute Gasteiger partial charge is 0.481 e. The van der Waals surface area contributed by atoms with Crippen LogP contribution in [0.15, 0.2) is 47.8 Å². The molecule has 0 aliphatic heterocycles. The number of imidazole rings is 1. The van der Waals surface area contributed by atoms with Crippen LogP contribution in [0.3, 0.4) is 0 Å². The van der Waals surface area contributed by atoms with Crippen LogP contribution in [0, 0.1) is 11.8 Å². The summed E-state index contributed by atoms with van der Waals surface area (Å²) in [4.78, 5) is 171. The van der Waals surface area contributed by atoms with Gasteiger partial charge in [0.2, 0.25) is 59.1 Å². The number of benzene rings is 1. The highest BCUT2D eigenvalue weighted by Crippen LogP contribution is 2.13. The van der Waals surface area contributed by atoms with Gasteiger partial charge in [0.1, 0.15) is 60.4 Å².